The molecule has 0 saturated carbocycles. The highest BCUT2D eigenvalue weighted by molar-refractivity contribution is 7.82. The molecule has 2 rings (SSSR count). The molecule has 1 heterocycles. The van der Waals surface area contributed by atoms with Crippen molar-refractivity contribution >= 4 is 17.4 Å². The Balaban J connectivity index is 1.95. The maximum atomic E-state index is 12.3. The van der Waals surface area contributed by atoms with Crippen LogP contribution in [0.25, 0.3) is 0 Å². The molecule has 0 aromatic heterocycles. The zero-order chi connectivity index (χ0) is 13.0. The minimum absolute atomic E-state index is 0.230. The van der Waals surface area contributed by atoms with Gasteiger partial charge >= 0.3 is 0 Å². The number of hydrogen-bond acceptors (Lipinski definition) is 2. The lowest BCUT2D eigenvalue weighted by Crippen LogP contribution is -2.42. The Morgan fingerprint density at radius 3 is 2.44 bits per heavy atom. The molecule has 1 amide bonds. The summed E-state index contributed by atoms with van der Waals surface area (Å²) in [6.07, 6.45) is 2.46. The van der Waals surface area contributed by atoms with Crippen molar-refractivity contribution in [1.29, 1.82) is 0 Å². The SMILES string of the molecule is Cc1ccc(S(=O)N2CCC(NC=O)CC2)cc1. The third-order valence-electron chi connectivity index (χ3n) is 3.21. The van der Waals surface area contributed by atoms with Crippen molar-refractivity contribution in [2.24, 2.45) is 0 Å². The van der Waals surface area contributed by atoms with E-state index >= 15 is 0 Å². The average Bonchev–Trinajstić information content (AvgIpc) is 2.40. The number of piperidine rings is 1. The number of rotatable bonds is 4. The van der Waals surface area contributed by atoms with Crippen LogP contribution in [0.1, 0.15) is 18.4 Å². The van der Waals surface area contributed by atoms with Crippen LogP contribution in [0, 0.1) is 6.92 Å². The van der Waals surface area contributed by atoms with Crippen LogP contribution < -0.4 is 5.32 Å². The van der Waals surface area contributed by atoms with E-state index in [1.807, 2.05) is 35.5 Å². The van der Waals surface area contributed by atoms with Gasteiger partial charge in [-0.2, -0.15) is 0 Å². The summed E-state index contributed by atoms with van der Waals surface area (Å²) in [4.78, 5) is 11.2. The van der Waals surface area contributed by atoms with Crippen LogP contribution in [0.15, 0.2) is 29.2 Å². The molecule has 5 heteroatoms. The molecular weight excluding hydrogens is 248 g/mol. The van der Waals surface area contributed by atoms with Gasteiger partial charge in [-0.25, -0.2) is 8.51 Å². The van der Waals surface area contributed by atoms with Crippen molar-refractivity contribution in [1.82, 2.24) is 9.62 Å². The van der Waals surface area contributed by atoms with Crippen LogP contribution in [0.3, 0.4) is 0 Å². The van der Waals surface area contributed by atoms with Gasteiger partial charge in [0.25, 0.3) is 0 Å². The quantitative estimate of drug-likeness (QED) is 0.833. The van der Waals surface area contributed by atoms with Crippen LogP contribution in [-0.2, 0) is 15.8 Å². The van der Waals surface area contributed by atoms with Crippen LogP contribution in [0.4, 0.5) is 0 Å². The molecule has 1 aromatic carbocycles. The second kappa shape index (κ2) is 6.11. The zero-order valence-corrected chi connectivity index (χ0v) is 11.3. The fourth-order valence-electron chi connectivity index (χ4n) is 2.09. The smallest absolute Gasteiger partial charge is 0.207 e. The molecule has 1 saturated heterocycles. The Kier molecular flexibility index (Phi) is 4.49. The molecule has 1 atom stereocenters. The average molecular weight is 266 g/mol. The lowest BCUT2D eigenvalue weighted by Gasteiger charge is -2.30. The first kappa shape index (κ1) is 13.2. The highest BCUT2D eigenvalue weighted by Crippen LogP contribution is 2.17. The first-order valence-electron chi connectivity index (χ1n) is 6.14. The lowest BCUT2D eigenvalue weighted by molar-refractivity contribution is -0.110. The minimum atomic E-state index is -1.08. The number of carbonyl (C=O) groups excluding carboxylic acids is 1. The molecule has 1 unspecified atom stereocenters. The maximum absolute atomic E-state index is 12.3. The molecule has 1 fully saturated rings. The summed E-state index contributed by atoms with van der Waals surface area (Å²) < 4.78 is 14.3. The number of aryl methyl sites for hydroxylation is 1. The van der Waals surface area contributed by atoms with Gasteiger partial charge in [-0.15, -0.1) is 0 Å². The van der Waals surface area contributed by atoms with E-state index in [1.165, 1.54) is 5.56 Å². The second-order valence-corrected chi connectivity index (χ2v) is 6.04. The van der Waals surface area contributed by atoms with Crippen molar-refractivity contribution in [2.75, 3.05) is 13.1 Å². The number of amides is 1. The van der Waals surface area contributed by atoms with Crippen molar-refractivity contribution < 1.29 is 9.00 Å². The summed E-state index contributed by atoms with van der Waals surface area (Å²) >= 11 is 0. The third kappa shape index (κ3) is 3.17. The summed E-state index contributed by atoms with van der Waals surface area (Å²) in [7, 11) is -1.08. The zero-order valence-electron chi connectivity index (χ0n) is 10.5. The van der Waals surface area contributed by atoms with Gasteiger partial charge < -0.3 is 5.32 Å². The van der Waals surface area contributed by atoms with Gasteiger partial charge in [0, 0.05) is 19.1 Å². The van der Waals surface area contributed by atoms with Gasteiger partial charge in [0.2, 0.25) is 6.41 Å². The molecule has 18 heavy (non-hydrogen) atoms. The molecule has 1 N–H and O–H groups in total. The highest BCUT2D eigenvalue weighted by Gasteiger charge is 2.23. The minimum Gasteiger partial charge on any atom is -0.356 e. The lowest BCUT2D eigenvalue weighted by atomic mass is 10.1. The fourth-order valence-corrected chi connectivity index (χ4v) is 3.30. The Bertz CT molecular complexity index is 425. The number of benzene rings is 1. The van der Waals surface area contributed by atoms with E-state index in [-0.39, 0.29) is 6.04 Å². The van der Waals surface area contributed by atoms with Gasteiger partial charge in [-0.1, -0.05) is 17.7 Å². The van der Waals surface area contributed by atoms with E-state index in [1.54, 1.807) is 0 Å². The van der Waals surface area contributed by atoms with Crippen molar-refractivity contribution in [3.8, 4) is 0 Å². The van der Waals surface area contributed by atoms with E-state index < -0.39 is 11.0 Å². The molecule has 98 valence electrons. The van der Waals surface area contributed by atoms with Crippen LogP contribution in [0.2, 0.25) is 0 Å². The molecule has 0 bridgehead atoms. The monoisotopic (exact) mass is 266 g/mol. The summed E-state index contributed by atoms with van der Waals surface area (Å²) in [6.45, 7) is 3.53. The van der Waals surface area contributed by atoms with Crippen LogP contribution >= 0.6 is 0 Å². The van der Waals surface area contributed by atoms with Gasteiger partial charge in [0.05, 0.1) is 4.90 Å². The maximum Gasteiger partial charge on any atom is 0.207 e. The normalized spacial score (nSPS) is 19.4. The van der Waals surface area contributed by atoms with Crippen LogP contribution in [-0.4, -0.2) is 34.1 Å². The van der Waals surface area contributed by atoms with E-state index in [2.05, 4.69) is 5.32 Å². The van der Waals surface area contributed by atoms with Crippen molar-refractivity contribution in [3.05, 3.63) is 29.8 Å². The number of carbonyl (C=O) groups is 1. The first-order chi connectivity index (χ1) is 8.70. The molecule has 0 spiro atoms. The Labute approximate surface area is 110 Å². The van der Waals surface area contributed by atoms with Crippen molar-refractivity contribution in [2.45, 2.75) is 30.7 Å². The topological polar surface area (TPSA) is 49.4 Å². The number of hydrogen-bond donors (Lipinski definition) is 1. The number of nitrogens with zero attached hydrogens (tertiary/aromatic N) is 1. The standard InChI is InChI=1S/C13H18N2O2S/c1-11-2-4-13(5-3-11)18(17)15-8-6-12(7-9-15)14-10-16/h2-5,10,12H,6-9H2,1H3,(H,14,16). The predicted octanol–water partition coefficient (Wildman–Crippen LogP) is 1.23. The summed E-state index contributed by atoms with van der Waals surface area (Å²) in [5.74, 6) is 0. The van der Waals surface area contributed by atoms with E-state index in [4.69, 9.17) is 0 Å². The van der Waals surface area contributed by atoms with Crippen molar-refractivity contribution in [3.63, 3.8) is 0 Å². The molecule has 0 radical (unpaired) electrons. The molecule has 0 aliphatic carbocycles. The van der Waals surface area contributed by atoms with Gasteiger partial charge in [0.1, 0.15) is 11.0 Å². The van der Waals surface area contributed by atoms with E-state index in [0.29, 0.717) is 0 Å². The molecule has 4 nitrogen and oxygen atoms in total. The largest absolute Gasteiger partial charge is 0.356 e. The van der Waals surface area contributed by atoms with E-state index in [0.717, 1.165) is 37.2 Å². The van der Waals surface area contributed by atoms with Gasteiger partial charge in [-0.3, -0.25) is 4.79 Å². The first-order valence-corrected chi connectivity index (χ1v) is 7.24. The molecule has 1 aliphatic heterocycles. The molecule has 1 aromatic rings. The summed E-state index contributed by atoms with van der Waals surface area (Å²) in [5.41, 5.74) is 1.17. The van der Waals surface area contributed by atoms with Gasteiger partial charge in [-0.05, 0) is 31.9 Å². The third-order valence-corrected chi connectivity index (χ3v) is 4.72. The Hall–Kier alpha value is -1.20. The fraction of sp³-hybridized carbons (Fsp3) is 0.462. The molecular formula is C13H18N2O2S. The van der Waals surface area contributed by atoms with Gasteiger partial charge in [0.15, 0.2) is 0 Å². The Morgan fingerprint density at radius 1 is 1.28 bits per heavy atom. The van der Waals surface area contributed by atoms with Crippen LogP contribution in [0.5, 0.6) is 0 Å². The Morgan fingerprint density at radius 2 is 1.89 bits per heavy atom. The second-order valence-electron chi connectivity index (χ2n) is 4.55. The summed E-state index contributed by atoms with van der Waals surface area (Å²) in [6, 6.07) is 8.03. The number of nitrogens with one attached hydrogen (secondary N) is 1. The summed E-state index contributed by atoms with van der Waals surface area (Å²) in [5, 5.41) is 2.78. The molecule has 1 aliphatic rings. The predicted molar refractivity (Wildman–Crippen MR) is 71.4 cm³/mol. The highest BCUT2D eigenvalue weighted by atomic mass is 32.2. The van der Waals surface area contributed by atoms with E-state index in [9.17, 15) is 9.00 Å².